The molecular weight excluding hydrogens is 428 g/mol. The van der Waals surface area contributed by atoms with Gasteiger partial charge in [-0.3, -0.25) is 9.59 Å². The van der Waals surface area contributed by atoms with Crippen molar-refractivity contribution in [1.29, 1.82) is 0 Å². The maximum atomic E-state index is 13.5. The molecule has 0 spiro atoms. The summed E-state index contributed by atoms with van der Waals surface area (Å²) < 4.78 is 0.910. The Morgan fingerprint density at radius 3 is 2.17 bits per heavy atom. The van der Waals surface area contributed by atoms with Crippen molar-refractivity contribution < 1.29 is 9.59 Å². The first kappa shape index (κ1) is 19.9. The van der Waals surface area contributed by atoms with Crippen molar-refractivity contribution >= 4 is 39.0 Å². The average molecular weight is 453 g/mol. The molecule has 0 saturated carbocycles. The number of anilines is 1. The third-order valence-corrected chi connectivity index (χ3v) is 6.57. The molecule has 0 unspecified atom stereocenters. The Balaban J connectivity index is 1.82. The van der Waals surface area contributed by atoms with E-state index in [0.29, 0.717) is 22.9 Å². The number of imide groups is 1. The number of hydrogen-bond acceptors (Lipinski definition) is 3. The monoisotopic (exact) mass is 452 g/mol. The highest BCUT2D eigenvalue weighted by molar-refractivity contribution is 9.10. The molecule has 2 amide bonds. The summed E-state index contributed by atoms with van der Waals surface area (Å²) in [5.74, 6) is 0.181. The van der Waals surface area contributed by atoms with Crippen LogP contribution in [0, 0.1) is 19.8 Å². The van der Waals surface area contributed by atoms with Crippen LogP contribution in [0.15, 0.2) is 52.6 Å². The van der Waals surface area contributed by atoms with Crippen LogP contribution in [0.5, 0.6) is 0 Å². The summed E-state index contributed by atoms with van der Waals surface area (Å²) in [6.07, 6.45) is 2.06. The molecule has 150 valence electrons. The van der Waals surface area contributed by atoms with Gasteiger partial charge in [-0.05, 0) is 73.6 Å². The molecule has 1 fully saturated rings. The van der Waals surface area contributed by atoms with Gasteiger partial charge in [0.2, 0.25) is 0 Å². The fraction of sp³-hybridized carbons (Fsp3) is 0.333. The van der Waals surface area contributed by atoms with E-state index in [-0.39, 0.29) is 11.8 Å². The molecule has 4 nitrogen and oxygen atoms in total. The minimum absolute atomic E-state index is 0.222. The molecule has 0 radical (unpaired) electrons. The highest BCUT2D eigenvalue weighted by atomic mass is 79.9. The van der Waals surface area contributed by atoms with Crippen LogP contribution in [0.2, 0.25) is 0 Å². The van der Waals surface area contributed by atoms with Crippen LogP contribution in [0.25, 0.3) is 5.57 Å². The highest BCUT2D eigenvalue weighted by Crippen LogP contribution is 2.37. The van der Waals surface area contributed by atoms with E-state index in [0.717, 1.165) is 41.5 Å². The average Bonchev–Trinajstić information content (AvgIpc) is 2.96. The number of nitrogens with zero attached hydrogens (tertiary/aromatic N) is 2. The van der Waals surface area contributed by atoms with Crippen LogP contribution in [0.3, 0.4) is 0 Å². The Morgan fingerprint density at radius 1 is 0.897 bits per heavy atom. The first-order chi connectivity index (χ1) is 13.9. The molecule has 2 aromatic rings. The Labute approximate surface area is 180 Å². The fourth-order valence-electron chi connectivity index (χ4n) is 4.03. The standard InChI is InChI=1S/C24H25BrN2O2/c1-15-10-12-26(13-11-15)22-21(18-5-4-16(2)17(3)14-18)23(28)27(24(22)29)20-8-6-19(25)7-9-20/h4-9,14-15H,10-13H2,1-3H3. The first-order valence-corrected chi connectivity index (χ1v) is 10.9. The molecule has 0 atom stereocenters. The van der Waals surface area contributed by atoms with E-state index < -0.39 is 0 Å². The molecule has 5 heteroatoms. The molecule has 2 aliphatic rings. The predicted molar refractivity (Wildman–Crippen MR) is 119 cm³/mol. The maximum absolute atomic E-state index is 13.5. The van der Waals surface area contributed by atoms with E-state index in [4.69, 9.17) is 0 Å². The van der Waals surface area contributed by atoms with Crippen LogP contribution in [-0.4, -0.2) is 29.8 Å². The van der Waals surface area contributed by atoms with Crippen LogP contribution < -0.4 is 4.90 Å². The van der Waals surface area contributed by atoms with Crippen molar-refractivity contribution in [2.24, 2.45) is 5.92 Å². The van der Waals surface area contributed by atoms with Crippen molar-refractivity contribution in [2.45, 2.75) is 33.6 Å². The number of aryl methyl sites for hydroxylation is 2. The topological polar surface area (TPSA) is 40.6 Å². The molecule has 29 heavy (non-hydrogen) atoms. The number of piperidine rings is 1. The van der Waals surface area contributed by atoms with Crippen LogP contribution >= 0.6 is 15.9 Å². The van der Waals surface area contributed by atoms with E-state index in [1.54, 1.807) is 12.1 Å². The summed E-state index contributed by atoms with van der Waals surface area (Å²) in [7, 11) is 0. The highest BCUT2D eigenvalue weighted by Gasteiger charge is 2.43. The lowest BCUT2D eigenvalue weighted by molar-refractivity contribution is -0.120. The molecule has 2 heterocycles. The largest absolute Gasteiger partial charge is 0.366 e. The summed E-state index contributed by atoms with van der Waals surface area (Å²) in [5.41, 5.74) is 4.78. The number of halogens is 1. The normalized spacial score (nSPS) is 18.2. The number of carbonyl (C=O) groups excluding carboxylic acids is 2. The number of hydrogen-bond donors (Lipinski definition) is 0. The number of rotatable bonds is 3. The van der Waals surface area contributed by atoms with Gasteiger partial charge in [0.05, 0.1) is 11.3 Å². The zero-order chi connectivity index (χ0) is 20.7. The van der Waals surface area contributed by atoms with E-state index in [2.05, 4.69) is 34.7 Å². The van der Waals surface area contributed by atoms with Gasteiger partial charge in [-0.15, -0.1) is 0 Å². The lowest BCUT2D eigenvalue weighted by Crippen LogP contribution is -2.38. The van der Waals surface area contributed by atoms with Gasteiger partial charge in [0.1, 0.15) is 5.70 Å². The van der Waals surface area contributed by atoms with Gasteiger partial charge in [-0.1, -0.05) is 41.1 Å². The summed E-state index contributed by atoms with van der Waals surface area (Å²) in [6.45, 7) is 7.94. The van der Waals surface area contributed by atoms with Gasteiger partial charge in [0.15, 0.2) is 0 Å². The molecule has 0 bridgehead atoms. The minimum Gasteiger partial charge on any atom is -0.366 e. The SMILES string of the molecule is Cc1ccc(C2=C(N3CCC(C)CC3)C(=O)N(c3ccc(Br)cc3)C2=O)cc1C. The lowest BCUT2D eigenvalue weighted by Gasteiger charge is -2.32. The Bertz CT molecular complexity index is 1000. The van der Waals surface area contributed by atoms with Gasteiger partial charge < -0.3 is 4.90 Å². The van der Waals surface area contributed by atoms with Gasteiger partial charge in [0.25, 0.3) is 11.8 Å². The van der Waals surface area contributed by atoms with Gasteiger partial charge >= 0.3 is 0 Å². The summed E-state index contributed by atoms with van der Waals surface area (Å²) in [6, 6.07) is 13.3. The molecule has 1 saturated heterocycles. The van der Waals surface area contributed by atoms with Gasteiger partial charge in [-0.25, -0.2) is 4.90 Å². The van der Waals surface area contributed by atoms with Crippen LogP contribution in [-0.2, 0) is 9.59 Å². The predicted octanol–water partition coefficient (Wildman–Crippen LogP) is 5.08. The number of amides is 2. The van der Waals surface area contributed by atoms with E-state index >= 15 is 0 Å². The number of benzene rings is 2. The molecule has 0 aliphatic carbocycles. The Hall–Kier alpha value is -2.40. The summed E-state index contributed by atoms with van der Waals surface area (Å²) in [4.78, 5) is 30.5. The molecule has 0 aromatic heterocycles. The van der Waals surface area contributed by atoms with Crippen LogP contribution in [0.4, 0.5) is 5.69 Å². The Morgan fingerprint density at radius 2 is 1.55 bits per heavy atom. The van der Waals surface area contributed by atoms with E-state index in [9.17, 15) is 9.59 Å². The van der Waals surface area contributed by atoms with Crippen molar-refractivity contribution in [2.75, 3.05) is 18.0 Å². The number of carbonyl (C=O) groups is 2. The minimum atomic E-state index is -0.241. The Kier molecular flexibility index (Phi) is 5.34. The fourth-order valence-corrected chi connectivity index (χ4v) is 4.29. The van der Waals surface area contributed by atoms with Gasteiger partial charge in [0, 0.05) is 17.6 Å². The second-order valence-electron chi connectivity index (χ2n) is 8.11. The van der Waals surface area contributed by atoms with E-state index in [1.165, 1.54) is 10.5 Å². The first-order valence-electron chi connectivity index (χ1n) is 10.1. The third-order valence-electron chi connectivity index (χ3n) is 6.04. The lowest BCUT2D eigenvalue weighted by atomic mass is 9.96. The van der Waals surface area contributed by atoms with Crippen molar-refractivity contribution in [3.63, 3.8) is 0 Å². The summed E-state index contributed by atoms with van der Waals surface area (Å²) >= 11 is 3.42. The second kappa shape index (κ2) is 7.79. The van der Waals surface area contributed by atoms with Crippen molar-refractivity contribution in [3.05, 3.63) is 69.3 Å². The van der Waals surface area contributed by atoms with Crippen LogP contribution in [0.1, 0.15) is 36.5 Å². The smallest absolute Gasteiger partial charge is 0.282 e. The molecule has 4 rings (SSSR count). The molecular formula is C24H25BrN2O2. The number of likely N-dealkylation sites (tertiary alicyclic amines) is 1. The van der Waals surface area contributed by atoms with Crippen molar-refractivity contribution in [1.82, 2.24) is 4.90 Å². The molecule has 0 N–H and O–H groups in total. The molecule has 2 aromatic carbocycles. The second-order valence-corrected chi connectivity index (χ2v) is 9.03. The van der Waals surface area contributed by atoms with E-state index in [1.807, 2.05) is 37.3 Å². The quantitative estimate of drug-likeness (QED) is 0.609. The summed E-state index contributed by atoms with van der Waals surface area (Å²) in [5, 5.41) is 0. The van der Waals surface area contributed by atoms with Gasteiger partial charge in [-0.2, -0.15) is 0 Å². The third kappa shape index (κ3) is 3.64. The zero-order valence-corrected chi connectivity index (χ0v) is 18.6. The maximum Gasteiger partial charge on any atom is 0.282 e. The van der Waals surface area contributed by atoms with Crippen molar-refractivity contribution in [3.8, 4) is 0 Å². The molecule has 2 aliphatic heterocycles. The zero-order valence-electron chi connectivity index (χ0n) is 17.0.